The number of methoxy groups -OCH3 is 1. The predicted octanol–water partition coefficient (Wildman–Crippen LogP) is 5.26. The van der Waals surface area contributed by atoms with Crippen LogP contribution in [0.15, 0.2) is 53.5 Å². The lowest BCUT2D eigenvalue weighted by atomic mass is 10.0. The fourth-order valence-corrected chi connectivity index (χ4v) is 3.27. The molecule has 2 aromatic rings. The van der Waals surface area contributed by atoms with Gasteiger partial charge in [-0.1, -0.05) is 24.3 Å². The highest BCUT2D eigenvalue weighted by molar-refractivity contribution is 8.09. The van der Waals surface area contributed by atoms with Gasteiger partial charge in [-0.25, -0.2) is 0 Å². The number of carboxylic acid groups (broad SMARTS) is 1. The number of allylic oxidation sites excluding steroid dienone is 1. The van der Waals surface area contributed by atoms with Gasteiger partial charge in [-0.2, -0.15) is 0 Å². The number of aliphatic carboxylic acids is 1. The van der Waals surface area contributed by atoms with E-state index < -0.39 is 11.2 Å². The fourth-order valence-electron chi connectivity index (χ4n) is 2.36. The molecule has 1 N–H and O–H groups in total. The van der Waals surface area contributed by atoms with Crippen LogP contribution in [0.1, 0.15) is 19.4 Å². The lowest BCUT2D eigenvalue weighted by molar-refractivity contribution is -0.136. The van der Waals surface area contributed by atoms with Gasteiger partial charge in [0.15, 0.2) is 0 Å². The molecule has 0 aliphatic rings. The van der Waals surface area contributed by atoms with Gasteiger partial charge < -0.3 is 9.84 Å². The first-order chi connectivity index (χ1) is 12.0. The molecule has 130 valence electrons. The number of carboxylic acids is 1. The number of hydrogen-bond donors (Lipinski definition) is 1. The Hall–Kier alpha value is -2.53. The third-order valence-corrected chi connectivity index (χ3v) is 5.03. The average Bonchev–Trinajstić information content (AvgIpc) is 2.65. The van der Waals surface area contributed by atoms with Crippen molar-refractivity contribution in [2.75, 3.05) is 7.11 Å². The molecule has 0 radical (unpaired) electrons. The Labute approximate surface area is 152 Å². The quantitative estimate of drug-likeness (QED) is 0.688. The number of ether oxygens (including phenoxy) is 1. The summed E-state index contributed by atoms with van der Waals surface area (Å²) >= 11 is 1.30. The molecule has 2 rings (SSSR count). The minimum Gasteiger partial charge on any atom is -0.497 e. The van der Waals surface area contributed by atoms with Gasteiger partial charge in [0.05, 0.1) is 12.8 Å². The molecule has 0 saturated heterocycles. The summed E-state index contributed by atoms with van der Waals surface area (Å²) in [6.45, 7) is 7.19. The lowest BCUT2D eigenvalue weighted by Crippen LogP contribution is -2.11. The van der Waals surface area contributed by atoms with Crippen LogP contribution < -0.4 is 4.74 Å². The molecule has 0 bridgehead atoms. The van der Waals surface area contributed by atoms with Crippen LogP contribution in [0, 0.1) is 0 Å². The van der Waals surface area contributed by atoms with E-state index in [0.29, 0.717) is 0 Å². The summed E-state index contributed by atoms with van der Waals surface area (Å²) in [5.74, 6) is -0.0443. The fraction of sp³-hybridized carbons (Fsp3) is 0.200. The molecule has 0 spiro atoms. The maximum Gasteiger partial charge on any atom is 0.316 e. The first kappa shape index (κ1) is 18.8. The Balaban J connectivity index is 2.45. The molecule has 0 aliphatic heterocycles. The van der Waals surface area contributed by atoms with Crippen LogP contribution in [-0.4, -0.2) is 30.2 Å². The number of benzene rings is 2. The van der Waals surface area contributed by atoms with E-state index in [-0.39, 0.29) is 0 Å². The minimum atomic E-state index is -0.844. The van der Waals surface area contributed by atoms with Crippen molar-refractivity contribution in [1.82, 2.24) is 0 Å². The van der Waals surface area contributed by atoms with Crippen molar-refractivity contribution in [3.8, 4) is 16.9 Å². The minimum absolute atomic E-state index is 0.548. The van der Waals surface area contributed by atoms with E-state index >= 15 is 0 Å². The second-order valence-corrected chi connectivity index (χ2v) is 6.75. The van der Waals surface area contributed by atoms with Crippen molar-refractivity contribution in [3.05, 3.63) is 54.1 Å². The first-order valence-electron chi connectivity index (χ1n) is 7.81. The topological polar surface area (TPSA) is 58.9 Å². The van der Waals surface area contributed by atoms with Gasteiger partial charge in [-0.05, 0) is 56.0 Å². The number of nitrogens with zero attached hydrogens (tertiary/aromatic N) is 1. The third-order valence-electron chi connectivity index (χ3n) is 3.77. The van der Waals surface area contributed by atoms with Crippen LogP contribution in [0.25, 0.3) is 16.0 Å². The van der Waals surface area contributed by atoms with E-state index in [4.69, 9.17) is 4.74 Å². The molecule has 0 heterocycles. The van der Waals surface area contributed by atoms with Gasteiger partial charge in [0.1, 0.15) is 11.0 Å². The molecule has 25 heavy (non-hydrogen) atoms. The van der Waals surface area contributed by atoms with E-state index in [2.05, 4.69) is 11.7 Å². The Morgan fingerprint density at radius 3 is 2.40 bits per heavy atom. The summed E-state index contributed by atoms with van der Waals surface area (Å²) in [6.07, 6.45) is 1.91. The van der Waals surface area contributed by atoms with Gasteiger partial charge in [-0.15, -0.1) is 11.8 Å². The number of hydrogen-bond acceptors (Lipinski definition) is 4. The highest BCUT2D eigenvalue weighted by Gasteiger charge is 2.17. The molecule has 0 saturated carbocycles. The van der Waals surface area contributed by atoms with E-state index in [0.717, 1.165) is 33.0 Å². The average molecular weight is 355 g/mol. The molecule has 1 unspecified atom stereocenters. The van der Waals surface area contributed by atoms with Gasteiger partial charge >= 0.3 is 5.97 Å². The zero-order valence-corrected chi connectivity index (χ0v) is 15.3. The van der Waals surface area contributed by atoms with Crippen LogP contribution >= 0.6 is 11.8 Å². The molecule has 5 heteroatoms. The zero-order valence-electron chi connectivity index (χ0n) is 14.5. The summed E-state index contributed by atoms with van der Waals surface area (Å²) in [7, 11) is 1.64. The largest absolute Gasteiger partial charge is 0.497 e. The van der Waals surface area contributed by atoms with Gasteiger partial charge in [0.25, 0.3) is 0 Å². The SMILES string of the molecule is C=Nc1ccc(-c2ccc(OC)cc2)cc1/C(=C\C)SC(C)C(=O)O. The van der Waals surface area contributed by atoms with Crippen LogP contribution in [0.2, 0.25) is 0 Å². The third kappa shape index (κ3) is 4.51. The molecule has 0 aromatic heterocycles. The summed E-state index contributed by atoms with van der Waals surface area (Å²) in [6, 6.07) is 13.7. The predicted molar refractivity (Wildman–Crippen MR) is 106 cm³/mol. The van der Waals surface area contributed by atoms with Crippen molar-refractivity contribution in [3.63, 3.8) is 0 Å². The monoisotopic (exact) mass is 355 g/mol. The van der Waals surface area contributed by atoms with Gasteiger partial charge in [-0.3, -0.25) is 9.79 Å². The van der Waals surface area contributed by atoms with Crippen molar-refractivity contribution < 1.29 is 14.6 Å². The zero-order chi connectivity index (χ0) is 18.4. The standard InChI is InChI=1S/C20H21NO3S/c1-5-19(25-13(2)20(22)23)17-12-15(8-11-18(17)21-3)14-6-9-16(24-4)10-7-14/h5-13H,3H2,1-2,4H3,(H,22,23)/b19-5+. The Morgan fingerprint density at radius 1 is 1.24 bits per heavy atom. The van der Waals surface area contributed by atoms with Crippen molar-refractivity contribution in [2.45, 2.75) is 19.1 Å². The highest BCUT2D eigenvalue weighted by Crippen LogP contribution is 2.39. The maximum absolute atomic E-state index is 11.2. The molecule has 0 amide bonds. The summed E-state index contributed by atoms with van der Waals surface area (Å²) in [5, 5.41) is 8.64. The number of thioether (sulfide) groups is 1. The Kier molecular flexibility index (Phi) is 6.42. The first-order valence-corrected chi connectivity index (χ1v) is 8.69. The second-order valence-electron chi connectivity index (χ2n) is 5.37. The maximum atomic E-state index is 11.2. The van der Waals surface area contributed by atoms with Gasteiger partial charge in [0.2, 0.25) is 0 Å². The number of aliphatic imine (C=N–C) groups is 1. The van der Waals surface area contributed by atoms with Crippen LogP contribution in [0.4, 0.5) is 5.69 Å². The second kappa shape index (κ2) is 8.53. The van der Waals surface area contributed by atoms with Crippen LogP contribution in [-0.2, 0) is 4.79 Å². The van der Waals surface area contributed by atoms with Crippen molar-refractivity contribution in [1.29, 1.82) is 0 Å². The Morgan fingerprint density at radius 2 is 1.88 bits per heavy atom. The number of rotatable bonds is 7. The van der Waals surface area contributed by atoms with Gasteiger partial charge in [0, 0.05) is 10.5 Å². The molecule has 0 aliphatic carbocycles. The summed E-state index contributed by atoms with van der Waals surface area (Å²) in [5.41, 5.74) is 3.68. The van der Waals surface area contributed by atoms with E-state index in [9.17, 15) is 9.90 Å². The van der Waals surface area contributed by atoms with Crippen molar-refractivity contribution in [2.24, 2.45) is 4.99 Å². The molecular weight excluding hydrogens is 334 g/mol. The smallest absolute Gasteiger partial charge is 0.316 e. The van der Waals surface area contributed by atoms with Crippen LogP contribution in [0.3, 0.4) is 0 Å². The van der Waals surface area contributed by atoms with E-state index in [1.165, 1.54) is 11.8 Å². The van der Waals surface area contributed by atoms with Crippen LogP contribution in [0.5, 0.6) is 5.75 Å². The summed E-state index contributed by atoms with van der Waals surface area (Å²) < 4.78 is 5.20. The molecule has 4 nitrogen and oxygen atoms in total. The Bertz CT molecular complexity index is 797. The lowest BCUT2D eigenvalue weighted by Gasteiger charge is -2.14. The molecule has 2 aromatic carbocycles. The number of carbonyl (C=O) groups is 1. The highest BCUT2D eigenvalue weighted by atomic mass is 32.2. The van der Waals surface area contributed by atoms with E-state index in [1.807, 2.05) is 55.5 Å². The van der Waals surface area contributed by atoms with E-state index in [1.54, 1.807) is 14.0 Å². The molecule has 0 fully saturated rings. The molecular formula is C20H21NO3S. The molecule has 1 atom stereocenters. The normalized spacial score (nSPS) is 12.5. The van der Waals surface area contributed by atoms with Crippen molar-refractivity contribution >= 4 is 35.0 Å². The summed E-state index contributed by atoms with van der Waals surface area (Å²) in [4.78, 5) is 16.1.